The Balaban J connectivity index is 1.59. The Labute approximate surface area is 112 Å². The number of nitrogens with one attached hydrogen (secondary N) is 1. The van der Waals surface area contributed by atoms with Crippen molar-refractivity contribution < 1.29 is 9.26 Å². The molecule has 19 heavy (non-hydrogen) atoms. The summed E-state index contributed by atoms with van der Waals surface area (Å²) < 4.78 is 10.9. The molecule has 3 rings (SSSR count). The Morgan fingerprint density at radius 2 is 2.26 bits per heavy atom. The van der Waals surface area contributed by atoms with Crippen molar-refractivity contribution in [2.45, 2.75) is 26.0 Å². The van der Waals surface area contributed by atoms with Gasteiger partial charge in [-0.3, -0.25) is 0 Å². The zero-order valence-corrected chi connectivity index (χ0v) is 10.9. The van der Waals surface area contributed by atoms with E-state index in [1.54, 1.807) is 0 Å². The second-order valence-electron chi connectivity index (χ2n) is 4.67. The molecule has 1 aromatic heterocycles. The topological polar surface area (TPSA) is 60.2 Å². The van der Waals surface area contributed by atoms with Gasteiger partial charge in [-0.15, -0.1) is 0 Å². The molecular formula is C14H17N3O2. The van der Waals surface area contributed by atoms with E-state index >= 15 is 0 Å². The molecule has 0 aliphatic carbocycles. The highest BCUT2D eigenvalue weighted by molar-refractivity contribution is 5.31. The van der Waals surface area contributed by atoms with E-state index in [1.165, 1.54) is 11.1 Å². The SMILES string of the molecule is Cc1noc(CNCC2OCCc3ccccc32)n1. The van der Waals surface area contributed by atoms with Gasteiger partial charge in [0.05, 0.1) is 19.3 Å². The molecule has 0 saturated heterocycles. The van der Waals surface area contributed by atoms with Crippen LogP contribution < -0.4 is 5.32 Å². The van der Waals surface area contributed by atoms with Crippen LogP contribution in [-0.2, 0) is 17.7 Å². The molecule has 1 atom stereocenters. The average Bonchev–Trinajstić information content (AvgIpc) is 2.85. The first-order valence-corrected chi connectivity index (χ1v) is 6.52. The fourth-order valence-electron chi connectivity index (χ4n) is 2.37. The molecule has 1 unspecified atom stereocenters. The maximum absolute atomic E-state index is 5.82. The fraction of sp³-hybridized carbons (Fsp3) is 0.429. The van der Waals surface area contributed by atoms with Crippen LogP contribution in [0.2, 0.25) is 0 Å². The monoisotopic (exact) mass is 259 g/mol. The first kappa shape index (κ1) is 12.3. The maximum Gasteiger partial charge on any atom is 0.240 e. The molecule has 0 amide bonds. The highest BCUT2D eigenvalue weighted by Gasteiger charge is 2.19. The molecule has 2 heterocycles. The van der Waals surface area contributed by atoms with Crippen LogP contribution in [0.25, 0.3) is 0 Å². The minimum absolute atomic E-state index is 0.106. The van der Waals surface area contributed by atoms with Crippen LogP contribution in [0.15, 0.2) is 28.8 Å². The van der Waals surface area contributed by atoms with Crippen LogP contribution in [0, 0.1) is 6.92 Å². The van der Waals surface area contributed by atoms with E-state index in [1.807, 2.05) is 6.92 Å². The van der Waals surface area contributed by atoms with Gasteiger partial charge in [0.25, 0.3) is 0 Å². The van der Waals surface area contributed by atoms with Gasteiger partial charge in [0, 0.05) is 6.54 Å². The van der Waals surface area contributed by atoms with Crippen molar-refractivity contribution in [3.8, 4) is 0 Å². The lowest BCUT2D eigenvalue weighted by Gasteiger charge is -2.26. The van der Waals surface area contributed by atoms with Gasteiger partial charge in [0.1, 0.15) is 0 Å². The summed E-state index contributed by atoms with van der Waals surface area (Å²) in [6.45, 7) is 3.91. The van der Waals surface area contributed by atoms with Crippen molar-refractivity contribution in [2.24, 2.45) is 0 Å². The summed E-state index contributed by atoms with van der Waals surface area (Å²) in [5.74, 6) is 1.28. The molecule has 100 valence electrons. The van der Waals surface area contributed by atoms with Crippen molar-refractivity contribution >= 4 is 0 Å². The zero-order chi connectivity index (χ0) is 13.1. The normalized spacial score (nSPS) is 18.3. The summed E-state index contributed by atoms with van der Waals surface area (Å²) in [7, 11) is 0. The Bertz CT molecular complexity index is 553. The molecule has 5 nitrogen and oxygen atoms in total. The predicted molar refractivity (Wildman–Crippen MR) is 69.6 cm³/mol. The molecule has 2 aromatic rings. The average molecular weight is 259 g/mol. The van der Waals surface area contributed by atoms with Crippen molar-refractivity contribution in [3.05, 3.63) is 47.1 Å². The molecule has 0 bridgehead atoms. The van der Waals surface area contributed by atoms with Gasteiger partial charge in [-0.05, 0) is 24.5 Å². The van der Waals surface area contributed by atoms with E-state index in [-0.39, 0.29) is 6.10 Å². The summed E-state index contributed by atoms with van der Waals surface area (Å²) >= 11 is 0. The van der Waals surface area contributed by atoms with Gasteiger partial charge in [-0.1, -0.05) is 29.4 Å². The number of hydrogen-bond acceptors (Lipinski definition) is 5. The zero-order valence-electron chi connectivity index (χ0n) is 10.9. The molecule has 5 heteroatoms. The second-order valence-corrected chi connectivity index (χ2v) is 4.67. The number of fused-ring (bicyclic) bond motifs is 1. The molecule has 1 aliphatic heterocycles. The largest absolute Gasteiger partial charge is 0.372 e. The van der Waals surface area contributed by atoms with Crippen LogP contribution in [0.1, 0.15) is 28.9 Å². The smallest absolute Gasteiger partial charge is 0.240 e. The predicted octanol–water partition coefficient (Wildman–Crippen LogP) is 1.78. The standard InChI is InChI=1S/C14H17N3O2/c1-10-16-14(19-17-10)9-15-8-13-12-5-3-2-4-11(12)6-7-18-13/h2-5,13,15H,6-9H2,1H3. The van der Waals surface area contributed by atoms with Gasteiger partial charge in [-0.2, -0.15) is 4.98 Å². The Morgan fingerprint density at radius 3 is 3.11 bits per heavy atom. The number of nitrogens with zero attached hydrogens (tertiary/aromatic N) is 2. The van der Waals surface area contributed by atoms with E-state index in [2.05, 4.69) is 39.7 Å². The van der Waals surface area contributed by atoms with Crippen LogP contribution >= 0.6 is 0 Å². The lowest BCUT2D eigenvalue weighted by Crippen LogP contribution is -2.27. The Kier molecular flexibility index (Phi) is 3.57. The number of rotatable bonds is 4. The number of ether oxygens (including phenoxy) is 1. The maximum atomic E-state index is 5.82. The van der Waals surface area contributed by atoms with Crippen LogP contribution in [0.3, 0.4) is 0 Å². The Morgan fingerprint density at radius 1 is 1.37 bits per heavy atom. The highest BCUT2D eigenvalue weighted by atomic mass is 16.5. The van der Waals surface area contributed by atoms with Crippen molar-refractivity contribution in [3.63, 3.8) is 0 Å². The van der Waals surface area contributed by atoms with Crippen molar-refractivity contribution in [1.29, 1.82) is 0 Å². The number of aryl methyl sites for hydroxylation is 1. The van der Waals surface area contributed by atoms with Crippen LogP contribution in [0.4, 0.5) is 0 Å². The van der Waals surface area contributed by atoms with E-state index in [9.17, 15) is 0 Å². The summed E-state index contributed by atoms with van der Waals surface area (Å²) in [5.41, 5.74) is 2.66. The molecule has 1 N–H and O–H groups in total. The number of aromatic nitrogens is 2. The lowest BCUT2D eigenvalue weighted by atomic mass is 9.97. The van der Waals surface area contributed by atoms with Gasteiger partial charge >= 0.3 is 0 Å². The van der Waals surface area contributed by atoms with Gasteiger partial charge in [-0.25, -0.2) is 0 Å². The van der Waals surface area contributed by atoms with Gasteiger partial charge in [0.15, 0.2) is 5.82 Å². The third kappa shape index (κ3) is 2.83. The molecule has 1 aliphatic rings. The summed E-state index contributed by atoms with van der Waals surface area (Å²) in [4.78, 5) is 4.16. The third-order valence-electron chi connectivity index (χ3n) is 3.27. The lowest BCUT2D eigenvalue weighted by molar-refractivity contribution is 0.0419. The minimum Gasteiger partial charge on any atom is -0.372 e. The van der Waals surface area contributed by atoms with Crippen molar-refractivity contribution in [2.75, 3.05) is 13.2 Å². The fourth-order valence-corrected chi connectivity index (χ4v) is 2.37. The van der Waals surface area contributed by atoms with Crippen LogP contribution in [0.5, 0.6) is 0 Å². The summed E-state index contributed by atoms with van der Waals surface area (Å²) in [6.07, 6.45) is 1.10. The first-order chi connectivity index (χ1) is 9.33. The van der Waals surface area contributed by atoms with E-state index < -0.39 is 0 Å². The Hall–Kier alpha value is -1.72. The molecule has 1 aromatic carbocycles. The van der Waals surface area contributed by atoms with E-state index in [0.29, 0.717) is 18.3 Å². The minimum atomic E-state index is 0.106. The molecule has 0 fully saturated rings. The molecule has 0 radical (unpaired) electrons. The first-order valence-electron chi connectivity index (χ1n) is 6.52. The summed E-state index contributed by atoms with van der Waals surface area (Å²) in [5, 5.41) is 7.07. The van der Waals surface area contributed by atoms with E-state index in [0.717, 1.165) is 19.6 Å². The molecule has 0 spiro atoms. The second kappa shape index (κ2) is 5.50. The summed E-state index contributed by atoms with van der Waals surface area (Å²) in [6, 6.07) is 8.45. The molecule has 0 saturated carbocycles. The van der Waals surface area contributed by atoms with Crippen molar-refractivity contribution in [1.82, 2.24) is 15.5 Å². The number of benzene rings is 1. The van der Waals surface area contributed by atoms with Gasteiger partial charge in [0.2, 0.25) is 5.89 Å². The highest BCUT2D eigenvalue weighted by Crippen LogP contribution is 2.26. The van der Waals surface area contributed by atoms with Crippen LogP contribution in [-0.4, -0.2) is 23.3 Å². The van der Waals surface area contributed by atoms with E-state index in [4.69, 9.17) is 9.26 Å². The quantitative estimate of drug-likeness (QED) is 0.907. The molecular weight excluding hydrogens is 242 g/mol. The van der Waals surface area contributed by atoms with Gasteiger partial charge < -0.3 is 14.6 Å². The number of hydrogen-bond donors (Lipinski definition) is 1. The third-order valence-corrected chi connectivity index (χ3v) is 3.27.